The molecule has 19 heavy (non-hydrogen) atoms. The first kappa shape index (κ1) is 13.1. The molecule has 2 aromatic heterocycles. The number of hydrogen-bond acceptors (Lipinski definition) is 6. The summed E-state index contributed by atoms with van der Waals surface area (Å²) in [5.74, 6) is -0.597. The maximum absolute atomic E-state index is 12.0. The van der Waals surface area contributed by atoms with E-state index in [2.05, 4.69) is 15.4 Å². The average molecular weight is 281 g/mol. The lowest BCUT2D eigenvalue weighted by atomic mass is 10.3. The Kier molecular flexibility index (Phi) is 3.30. The second kappa shape index (κ2) is 4.76. The normalized spacial score (nSPS) is 10.5. The van der Waals surface area contributed by atoms with Crippen LogP contribution in [0.4, 0.5) is 10.8 Å². The SMILES string of the molecule is Cc1nc(NC(=O)c2c([N+](=O)[O-])cnn2C)sc1C. The molecule has 0 saturated heterocycles. The van der Waals surface area contributed by atoms with Crippen LogP contribution >= 0.6 is 11.3 Å². The van der Waals surface area contributed by atoms with Crippen molar-refractivity contribution in [3.8, 4) is 0 Å². The van der Waals surface area contributed by atoms with Crippen molar-refractivity contribution in [2.24, 2.45) is 7.05 Å². The first-order valence-electron chi connectivity index (χ1n) is 5.32. The van der Waals surface area contributed by atoms with Gasteiger partial charge in [0.25, 0.3) is 5.91 Å². The zero-order chi connectivity index (χ0) is 14.2. The lowest BCUT2D eigenvalue weighted by Crippen LogP contribution is -2.17. The standard InChI is InChI=1S/C10H11N5O3S/c1-5-6(2)19-10(12-5)13-9(16)8-7(15(17)18)4-11-14(8)3/h4H,1-3H3,(H,12,13,16). The van der Waals surface area contributed by atoms with Crippen molar-refractivity contribution in [1.82, 2.24) is 14.8 Å². The number of hydrogen-bond donors (Lipinski definition) is 1. The molecule has 0 atom stereocenters. The van der Waals surface area contributed by atoms with E-state index >= 15 is 0 Å². The Balaban J connectivity index is 2.30. The number of carbonyl (C=O) groups excluding carboxylic acids is 1. The predicted molar refractivity (Wildman–Crippen MR) is 69.4 cm³/mol. The molecule has 0 aliphatic heterocycles. The van der Waals surface area contributed by atoms with E-state index in [-0.39, 0.29) is 11.4 Å². The van der Waals surface area contributed by atoms with Gasteiger partial charge in [0.05, 0.1) is 10.6 Å². The van der Waals surface area contributed by atoms with E-state index in [4.69, 9.17) is 0 Å². The van der Waals surface area contributed by atoms with E-state index in [1.165, 1.54) is 23.1 Å². The van der Waals surface area contributed by atoms with Gasteiger partial charge in [-0.2, -0.15) is 5.10 Å². The molecule has 0 aliphatic rings. The van der Waals surface area contributed by atoms with Gasteiger partial charge in [0.15, 0.2) is 5.13 Å². The maximum Gasteiger partial charge on any atom is 0.320 e. The van der Waals surface area contributed by atoms with Crippen LogP contribution in [0.1, 0.15) is 21.1 Å². The Bertz CT molecular complexity index is 641. The summed E-state index contributed by atoms with van der Waals surface area (Å²) >= 11 is 1.32. The fourth-order valence-corrected chi connectivity index (χ4v) is 2.32. The van der Waals surface area contributed by atoms with Gasteiger partial charge in [-0.15, -0.1) is 11.3 Å². The van der Waals surface area contributed by atoms with Crippen molar-refractivity contribution < 1.29 is 9.72 Å². The highest BCUT2D eigenvalue weighted by atomic mass is 32.1. The fraction of sp³-hybridized carbons (Fsp3) is 0.300. The third-order valence-corrected chi connectivity index (χ3v) is 3.57. The number of rotatable bonds is 3. The summed E-state index contributed by atoms with van der Waals surface area (Å²) < 4.78 is 1.17. The largest absolute Gasteiger partial charge is 0.320 e. The highest BCUT2D eigenvalue weighted by Crippen LogP contribution is 2.23. The van der Waals surface area contributed by atoms with Crippen molar-refractivity contribution in [2.75, 3.05) is 5.32 Å². The molecule has 0 spiro atoms. The quantitative estimate of drug-likeness (QED) is 0.680. The number of nitrogens with zero attached hydrogens (tertiary/aromatic N) is 4. The fourth-order valence-electron chi connectivity index (χ4n) is 1.51. The zero-order valence-electron chi connectivity index (χ0n) is 10.5. The summed E-state index contributed by atoms with van der Waals surface area (Å²) in [7, 11) is 1.47. The second-order valence-corrected chi connectivity index (χ2v) is 5.08. The number of aryl methyl sites for hydroxylation is 3. The van der Waals surface area contributed by atoms with Crippen LogP contribution in [0.2, 0.25) is 0 Å². The van der Waals surface area contributed by atoms with E-state index in [1.807, 2.05) is 13.8 Å². The minimum absolute atomic E-state index is 0.101. The van der Waals surface area contributed by atoms with Crippen LogP contribution in [-0.2, 0) is 7.05 Å². The molecule has 0 radical (unpaired) electrons. The highest BCUT2D eigenvalue weighted by molar-refractivity contribution is 7.15. The molecule has 2 rings (SSSR count). The zero-order valence-corrected chi connectivity index (χ0v) is 11.3. The summed E-state index contributed by atoms with van der Waals surface area (Å²) in [6.07, 6.45) is 1.05. The molecular weight excluding hydrogens is 270 g/mol. The van der Waals surface area contributed by atoms with Crippen molar-refractivity contribution in [1.29, 1.82) is 0 Å². The van der Waals surface area contributed by atoms with Crippen LogP contribution in [0.25, 0.3) is 0 Å². The summed E-state index contributed by atoms with van der Waals surface area (Å²) in [6, 6.07) is 0. The van der Waals surface area contributed by atoms with Gasteiger partial charge in [0, 0.05) is 11.9 Å². The molecule has 0 bridgehead atoms. The van der Waals surface area contributed by atoms with Gasteiger partial charge in [0.1, 0.15) is 6.20 Å². The molecule has 0 aromatic carbocycles. The van der Waals surface area contributed by atoms with Crippen molar-refractivity contribution in [2.45, 2.75) is 13.8 Å². The summed E-state index contributed by atoms with van der Waals surface area (Å²) in [4.78, 5) is 27.3. The Morgan fingerprint density at radius 3 is 2.74 bits per heavy atom. The first-order valence-corrected chi connectivity index (χ1v) is 6.13. The van der Waals surface area contributed by atoms with Crippen LogP contribution < -0.4 is 5.32 Å². The van der Waals surface area contributed by atoms with Gasteiger partial charge in [-0.05, 0) is 13.8 Å². The van der Waals surface area contributed by atoms with Crippen LogP contribution in [0.3, 0.4) is 0 Å². The number of anilines is 1. The number of carbonyl (C=O) groups is 1. The molecule has 0 fully saturated rings. The molecule has 0 unspecified atom stereocenters. The summed E-state index contributed by atoms with van der Waals surface area (Å²) in [6.45, 7) is 3.71. The molecule has 100 valence electrons. The molecule has 0 saturated carbocycles. The van der Waals surface area contributed by atoms with Crippen molar-refractivity contribution in [3.05, 3.63) is 32.6 Å². The monoisotopic (exact) mass is 281 g/mol. The number of nitrogens with one attached hydrogen (secondary N) is 1. The van der Waals surface area contributed by atoms with E-state index < -0.39 is 10.8 Å². The Morgan fingerprint density at radius 2 is 2.21 bits per heavy atom. The van der Waals surface area contributed by atoms with E-state index in [9.17, 15) is 14.9 Å². The summed E-state index contributed by atoms with van der Waals surface area (Å²) in [5.41, 5.74) is 0.389. The molecule has 9 heteroatoms. The lowest BCUT2D eigenvalue weighted by Gasteiger charge is -2.01. The summed E-state index contributed by atoms with van der Waals surface area (Å²) in [5, 5.41) is 17.5. The molecule has 2 aromatic rings. The molecule has 2 heterocycles. The minimum Gasteiger partial charge on any atom is -0.296 e. The van der Waals surface area contributed by atoms with Gasteiger partial charge in [0.2, 0.25) is 5.69 Å². The molecule has 8 nitrogen and oxygen atoms in total. The van der Waals surface area contributed by atoms with Gasteiger partial charge in [-0.3, -0.25) is 24.9 Å². The molecular formula is C10H11N5O3S. The van der Waals surface area contributed by atoms with Gasteiger partial charge >= 0.3 is 5.69 Å². The van der Waals surface area contributed by atoms with Gasteiger partial charge in [-0.1, -0.05) is 0 Å². The number of nitro groups is 1. The highest BCUT2D eigenvalue weighted by Gasteiger charge is 2.26. The molecule has 1 N–H and O–H groups in total. The smallest absolute Gasteiger partial charge is 0.296 e. The second-order valence-electron chi connectivity index (χ2n) is 3.87. The Hall–Kier alpha value is -2.29. The maximum atomic E-state index is 12.0. The minimum atomic E-state index is -0.639. The first-order chi connectivity index (χ1) is 8.90. The average Bonchev–Trinajstić information content (AvgIpc) is 2.83. The van der Waals surface area contributed by atoms with E-state index in [0.717, 1.165) is 16.8 Å². The Labute approximate surface area is 112 Å². The van der Waals surface area contributed by atoms with Crippen molar-refractivity contribution in [3.63, 3.8) is 0 Å². The van der Waals surface area contributed by atoms with Crippen molar-refractivity contribution >= 4 is 28.1 Å². The van der Waals surface area contributed by atoms with Crippen LogP contribution in [0.15, 0.2) is 6.20 Å². The topological polar surface area (TPSA) is 103 Å². The van der Waals surface area contributed by atoms with Crippen LogP contribution in [0, 0.1) is 24.0 Å². The van der Waals surface area contributed by atoms with E-state index in [1.54, 1.807) is 0 Å². The van der Waals surface area contributed by atoms with Gasteiger partial charge in [-0.25, -0.2) is 4.98 Å². The molecule has 0 aliphatic carbocycles. The molecule has 1 amide bonds. The number of thiazole rings is 1. The third kappa shape index (κ3) is 2.45. The van der Waals surface area contributed by atoms with Crippen LogP contribution in [0.5, 0.6) is 0 Å². The lowest BCUT2D eigenvalue weighted by molar-refractivity contribution is -0.385. The Morgan fingerprint density at radius 1 is 1.53 bits per heavy atom. The van der Waals surface area contributed by atoms with E-state index in [0.29, 0.717) is 5.13 Å². The number of aromatic nitrogens is 3. The van der Waals surface area contributed by atoms with Crippen LogP contribution in [-0.4, -0.2) is 25.6 Å². The predicted octanol–water partition coefficient (Wildman–Crippen LogP) is 1.65. The van der Waals surface area contributed by atoms with Gasteiger partial charge < -0.3 is 0 Å². The third-order valence-electron chi connectivity index (χ3n) is 2.58. The number of amides is 1.